The van der Waals surface area contributed by atoms with Gasteiger partial charge in [0.25, 0.3) is 0 Å². The van der Waals surface area contributed by atoms with Gasteiger partial charge in [-0.05, 0) is 70.6 Å². The second-order valence-corrected chi connectivity index (χ2v) is 19.0. The Bertz CT molecular complexity index is 1330. The lowest BCUT2D eigenvalue weighted by atomic mass is 9.97. The standard InChI is InChI=1S/C54H97NO13/c1-3-5-7-9-11-13-15-17-19-20-21-22-24-26-28-30-32-34-36-38-46(59)55-42(43(58)37-35-33-31-29-27-25-23-18-16-14-12-10-8-6-4-2)41-65-53-51(64)49(62)52(45(40-57)67-53)68-54-50(63)48(61)47(60)44(39-56)66-54/h16-19,27,29,35,37,42-45,47-54,56-58,60-64H,3-15,20-26,28,30-34,36,38-41H2,1-2H3,(H,55,59)/b18-16+,19-17-,29-27+,37-35+. The summed E-state index contributed by atoms with van der Waals surface area (Å²) in [6.45, 7) is 2.74. The van der Waals surface area contributed by atoms with Crippen molar-refractivity contribution in [3.05, 3.63) is 48.6 Å². The van der Waals surface area contributed by atoms with Crippen molar-refractivity contribution < 1.29 is 64.6 Å². The lowest BCUT2D eigenvalue weighted by molar-refractivity contribution is -0.359. The van der Waals surface area contributed by atoms with Crippen LogP contribution in [0.25, 0.3) is 0 Å². The summed E-state index contributed by atoms with van der Waals surface area (Å²) >= 11 is 0. The molecule has 2 aliphatic heterocycles. The highest BCUT2D eigenvalue weighted by Gasteiger charge is 2.51. The third-order valence-electron chi connectivity index (χ3n) is 13.0. The highest BCUT2D eigenvalue weighted by molar-refractivity contribution is 5.76. The molecule has 0 bridgehead atoms. The predicted molar refractivity (Wildman–Crippen MR) is 267 cm³/mol. The fourth-order valence-corrected chi connectivity index (χ4v) is 8.55. The number of amides is 1. The molecular formula is C54H97NO13. The molecule has 2 rings (SSSR count). The number of carbonyl (C=O) groups is 1. The summed E-state index contributed by atoms with van der Waals surface area (Å²) in [5, 5.41) is 86.8. The van der Waals surface area contributed by atoms with Gasteiger partial charge in [-0.3, -0.25) is 4.79 Å². The minimum absolute atomic E-state index is 0.257. The number of ether oxygens (including phenoxy) is 4. The van der Waals surface area contributed by atoms with Gasteiger partial charge in [0.2, 0.25) is 5.91 Å². The van der Waals surface area contributed by atoms with E-state index in [2.05, 4.69) is 55.6 Å². The van der Waals surface area contributed by atoms with Crippen LogP contribution in [0, 0.1) is 0 Å². The minimum atomic E-state index is -1.79. The highest BCUT2D eigenvalue weighted by Crippen LogP contribution is 2.30. The normalized spacial score (nSPS) is 26.7. The molecule has 2 aliphatic rings. The number of hydrogen-bond acceptors (Lipinski definition) is 13. The van der Waals surface area contributed by atoms with Crippen LogP contribution in [0.4, 0.5) is 0 Å². The van der Waals surface area contributed by atoms with E-state index in [1.807, 2.05) is 6.08 Å². The topological polar surface area (TPSA) is 228 Å². The summed E-state index contributed by atoms with van der Waals surface area (Å²) in [6, 6.07) is -0.938. The quantitative estimate of drug-likeness (QED) is 0.0212. The lowest BCUT2D eigenvalue weighted by Gasteiger charge is -2.46. The first kappa shape index (κ1) is 62.1. The van der Waals surface area contributed by atoms with Crippen LogP contribution in [0.5, 0.6) is 0 Å². The number of allylic oxidation sites excluding steroid dienone is 7. The van der Waals surface area contributed by atoms with E-state index in [1.54, 1.807) is 6.08 Å². The van der Waals surface area contributed by atoms with Crippen molar-refractivity contribution in [3.8, 4) is 0 Å². The van der Waals surface area contributed by atoms with Crippen LogP contribution in [-0.2, 0) is 23.7 Å². The summed E-state index contributed by atoms with van der Waals surface area (Å²) in [5.41, 5.74) is 0. The van der Waals surface area contributed by atoms with E-state index >= 15 is 0 Å². The maximum atomic E-state index is 13.2. The SMILES string of the molecule is CCCCCCC/C=C/CC/C=C/CC/C=C/C(O)C(COC1OC(CO)C(OC2OC(CO)C(O)C(O)C2O)C(O)C1O)NC(=O)CCCCCCCCCCC/C=C\CCCCCCCC. The van der Waals surface area contributed by atoms with E-state index in [9.17, 15) is 45.6 Å². The van der Waals surface area contributed by atoms with Crippen LogP contribution < -0.4 is 5.32 Å². The molecule has 2 heterocycles. The van der Waals surface area contributed by atoms with Gasteiger partial charge in [-0.2, -0.15) is 0 Å². The number of rotatable bonds is 41. The molecule has 68 heavy (non-hydrogen) atoms. The summed E-state index contributed by atoms with van der Waals surface area (Å²) in [4.78, 5) is 13.2. The average molecular weight is 968 g/mol. The second-order valence-electron chi connectivity index (χ2n) is 19.0. The highest BCUT2D eigenvalue weighted by atomic mass is 16.7. The van der Waals surface area contributed by atoms with Crippen molar-refractivity contribution in [2.24, 2.45) is 0 Å². The molecule has 0 saturated carbocycles. The Balaban J connectivity index is 1.84. The molecule has 12 unspecified atom stereocenters. The fraction of sp³-hybridized carbons (Fsp3) is 0.833. The van der Waals surface area contributed by atoms with Crippen molar-refractivity contribution >= 4 is 5.91 Å². The first-order chi connectivity index (χ1) is 33.1. The van der Waals surface area contributed by atoms with Gasteiger partial charge >= 0.3 is 0 Å². The van der Waals surface area contributed by atoms with Crippen molar-refractivity contribution in [2.45, 2.75) is 267 Å². The zero-order valence-electron chi connectivity index (χ0n) is 42.1. The average Bonchev–Trinajstić information content (AvgIpc) is 3.34. The van der Waals surface area contributed by atoms with Gasteiger partial charge in [-0.25, -0.2) is 0 Å². The molecular weight excluding hydrogens is 871 g/mol. The monoisotopic (exact) mass is 968 g/mol. The van der Waals surface area contributed by atoms with E-state index in [0.717, 1.165) is 44.9 Å². The maximum Gasteiger partial charge on any atom is 0.220 e. The Morgan fingerprint density at radius 1 is 0.515 bits per heavy atom. The Morgan fingerprint density at radius 3 is 1.44 bits per heavy atom. The molecule has 0 radical (unpaired) electrons. The lowest BCUT2D eigenvalue weighted by Crippen LogP contribution is -2.65. The molecule has 2 saturated heterocycles. The molecule has 0 aromatic heterocycles. The number of nitrogens with one attached hydrogen (secondary N) is 1. The van der Waals surface area contributed by atoms with Crippen LogP contribution >= 0.6 is 0 Å². The number of unbranched alkanes of at least 4 members (excludes halogenated alkanes) is 22. The van der Waals surface area contributed by atoms with Gasteiger partial charge in [0.15, 0.2) is 12.6 Å². The molecule has 14 heteroatoms. The summed E-state index contributed by atoms with van der Waals surface area (Å²) in [6.07, 6.45) is 31.5. The summed E-state index contributed by atoms with van der Waals surface area (Å²) in [5.74, 6) is -0.257. The minimum Gasteiger partial charge on any atom is -0.394 e. The van der Waals surface area contributed by atoms with Gasteiger partial charge in [0, 0.05) is 6.42 Å². The maximum absolute atomic E-state index is 13.2. The molecule has 0 spiro atoms. The van der Waals surface area contributed by atoms with E-state index in [0.29, 0.717) is 12.8 Å². The van der Waals surface area contributed by atoms with Gasteiger partial charge < -0.3 is 65.1 Å². The largest absolute Gasteiger partial charge is 0.394 e. The van der Waals surface area contributed by atoms with Crippen molar-refractivity contribution in [2.75, 3.05) is 19.8 Å². The zero-order valence-corrected chi connectivity index (χ0v) is 42.1. The Labute approximate surface area is 410 Å². The molecule has 9 N–H and O–H groups in total. The molecule has 396 valence electrons. The van der Waals surface area contributed by atoms with Crippen LogP contribution in [0.3, 0.4) is 0 Å². The summed E-state index contributed by atoms with van der Waals surface area (Å²) < 4.78 is 22.7. The van der Waals surface area contributed by atoms with Crippen molar-refractivity contribution in [3.63, 3.8) is 0 Å². The third kappa shape index (κ3) is 27.0. The number of hydrogen-bond donors (Lipinski definition) is 9. The number of aliphatic hydroxyl groups is 8. The molecule has 2 fully saturated rings. The van der Waals surface area contributed by atoms with Crippen molar-refractivity contribution in [1.82, 2.24) is 5.32 Å². The van der Waals surface area contributed by atoms with Gasteiger partial charge in [-0.1, -0.05) is 165 Å². The van der Waals surface area contributed by atoms with E-state index in [-0.39, 0.29) is 18.9 Å². The van der Waals surface area contributed by atoms with Crippen molar-refractivity contribution in [1.29, 1.82) is 0 Å². The molecule has 14 nitrogen and oxygen atoms in total. The van der Waals surface area contributed by atoms with E-state index < -0.39 is 86.8 Å². The van der Waals surface area contributed by atoms with Gasteiger partial charge in [-0.15, -0.1) is 0 Å². The molecule has 0 aromatic rings. The summed E-state index contributed by atoms with van der Waals surface area (Å²) in [7, 11) is 0. The zero-order chi connectivity index (χ0) is 49.6. The Hall–Kier alpha value is -2.05. The van der Waals surface area contributed by atoms with Gasteiger partial charge in [0.1, 0.15) is 48.8 Å². The number of carbonyl (C=O) groups excluding carboxylic acids is 1. The first-order valence-electron chi connectivity index (χ1n) is 26.9. The van der Waals surface area contributed by atoms with Crippen LogP contribution in [0.2, 0.25) is 0 Å². The second kappa shape index (κ2) is 40.5. The Morgan fingerprint density at radius 2 is 0.941 bits per heavy atom. The Kier molecular flexibility index (Phi) is 37.0. The predicted octanol–water partition coefficient (Wildman–Crippen LogP) is 7.66. The smallest absolute Gasteiger partial charge is 0.220 e. The molecule has 0 aromatic carbocycles. The first-order valence-corrected chi connectivity index (χ1v) is 26.9. The van der Waals surface area contributed by atoms with Crippen LogP contribution in [-0.4, -0.2) is 140 Å². The molecule has 1 amide bonds. The molecule has 0 aliphatic carbocycles. The third-order valence-corrected chi connectivity index (χ3v) is 13.0. The fourth-order valence-electron chi connectivity index (χ4n) is 8.55. The van der Waals surface area contributed by atoms with Gasteiger partial charge in [0.05, 0.1) is 32.0 Å². The number of aliphatic hydroxyl groups excluding tert-OH is 8. The molecule has 12 atom stereocenters. The van der Waals surface area contributed by atoms with Crippen LogP contribution in [0.15, 0.2) is 48.6 Å². The van der Waals surface area contributed by atoms with E-state index in [1.165, 1.54) is 116 Å². The van der Waals surface area contributed by atoms with E-state index in [4.69, 9.17) is 18.9 Å². The van der Waals surface area contributed by atoms with Crippen LogP contribution in [0.1, 0.15) is 194 Å².